The number of hydrogen-bond acceptors (Lipinski definition) is 6. The summed E-state index contributed by atoms with van der Waals surface area (Å²) in [5.74, 6) is 1.60. The van der Waals surface area contributed by atoms with E-state index in [0.29, 0.717) is 30.2 Å². The van der Waals surface area contributed by atoms with E-state index in [1.54, 1.807) is 0 Å². The number of rotatable bonds is 5. The highest BCUT2D eigenvalue weighted by Crippen LogP contribution is 2.38. The van der Waals surface area contributed by atoms with Crippen molar-refractivity contribution in [2.45, 2.75) is 105 Å². The van der Waals surface area contributed by atoms with E-state index in [1.165, 1.54) is 25.7 Å². The van der Waals surface area contributed by atoms with Crippen molar-refractivity contribution < 1.29 is 14.1 Å². The summed E-state index contributed by atoms with van der Waals surface area (Å²) in [6, 6.07) is 0.456. The molecule has 1 fully saturated rings. The summed E-state index contributed by atoms with van der Waals surface area (Å²) < 4.78 is 10.8. The number of amides is 1. The van der Waals surface area contributed by atoms with Crippen molar-refractivity contribution in [3.05, 3.63) is 11.7 Å². The maximum absolute atomic E-state index is 12.1. The molecular weight excluding hydrogens is 356 g/mol. The zero-order chi connectivity index (χ0) is 21.2. The van der Waals surface area contributed by atoms with Gasteiger partial charge in [0.25, 0.3) is 0 Å². The number of carbonyl (C=O) groups is 1. The van der Waals surface area contributed by atoms with E-state index in [2.05, 4.69) is 41.5 Å². The summed E-state index contributed by atoms with van der Waals surface area (Å²) in [5, 5.41) is 10.5. The van der Waals surface area contributed by atoms with Crippen molar-refractivity contribution in [2.75, 3.05) is 0 Å². The molecule has 1 aromatic rings. The number of nitrogens with zero attached hydrogens (tertiary/aromatic N) is 2. The van der Waals surface area contributed by atoms with Gasteiger partial charge in [-0.15, -0.1) is 0 Å². The Morgan fingerprint density at radius 1 is 1.11 bits per heavy atom. The van der Waals surface area contributed by atoms with Gasteiger partial charge in [0.1, 0.15) is 11.1 Å². The summed E-state index contributed by atoms with van der Waals surface area (Å²) in [7, 11) is 0. The van der Waals surface area contributed by atoms with Crippen molar-refractivity contribution in [2.24, 2.45) is 11.3 Å². The second-order valence-electron chi connectivity index (χ2n) is 10.5. The zero-order valence-corrected chi connectivity index (χ0v) is 18.8. The summed E-state index contributed by atoms with van der Waals surface area (Å²) in [6.07, 6.45) is 4.48. The molecule has 2 atom stereocenters. The molecule has 160 valence electrons. The van der Waals surface area contributed by atoms with Crippen LogP contribution in [0.4, 0.5) is 4.79 Å². The maximum Gasteiger partial charge on any atom is 0.408 e. The Bertz CT molecular complexity index is 655. The van der Waals surface area contributed by atoms with Crippen LogP contribution < -0.4 is 10.6 Å². The number of carbonyl (C=O) groups excluding carboxylic acids is 1. The Hall–Kier alpha value is -1.63. The van der Waals surface area contributed by atoms with Crippen LogP contribution in [0.2, 0.25) is 0 Å². The van der Waals surface area contributed by atoms with E-state index in [1.807, 2.05) is 34.6 Å². The minimum atomic E-state index is -0.789. The fourth-order valence-electron chi connectivity index (χ4n) is 3.83. The van der Waals surface area contributed by atoms with E-state index < -0.39 is 17.2 Å². The second-order valence-corrected chi connectivity index (χ2v) is 10.5. The first-order chi connectivity index (χ1) is 12.8. The molecule has 1 aliphatic carbocycles. The summed E-state index contributed by atoms with van der Waals surface area (Å²) in [4.78, 5) is 16.6. The predicted molar refractivity (Wildman–Crippen MR) is 109 cm³/mol. The Morgan fingerprint density at radius 3 is 2.36 bits per heavy atom. The van der Waals surface area contributed by atoms with Crippen LogP contribution >= 0.6 is 0 Å². The van der Waals surface area contributed by atoms with Gasteiger partial charge in [0, 0.05) is 6.04 Å². The first-order valence-corrected chi connectivity index (χ1v) is 10.4. The lowest BCUT2D eigenvalue weighted by molar-refractivity contribution is 0.0465. The minimum Gasteiger partial charge on any atom is -0.444 e. The Morgan fingerprint density at radius 2 is 1.75 bits per heavy atom. The van der Waals surface area contributed by atoms with E-state index in [4.69, 9.17) is 9.26 Å². The second kappa shape index (κ2) is 8.39. The first-order valence-electron chi connectivity index (χ1n) is 10.4. The van der Waals surface area contributed by atoms with Crippen molar-refractivity contribution in [3.63, 3.8) is 0 Å². The summed E-state index contributed by atoms with van der Waals surface area (Å²) in [5.41, 5.74) is -1.07. The highest BCUT2D eigenvalue weighted by molar-refractivity contribution is 5.68. The van der Waals surface area contributed by atoms with Crippen LogP contribution in [0.1, 0.15) is 92.8 Å². The van der Waals surface area contributed by atoms with Gasteiger partial charge < -0.3 is 19.9 Å². The molecule has 0 aromatic carbocycles. The van der Waals surface area contributed by atoms with Crippen LogP contribution in [0, 0.1) is 11.3 Å². The van der Waals surface area contributed by atoms with Gasteiger partial charge in [-0.05, 0) is 58.8 Å². The van der Waals surface area contributed by atoms with Gasteiger partial charge in [0.15, 0.2) is 5.82 Å². The molecule has 2 rings (SSSR count). The molecule has 2 N–H and O–H groups in total. The van der Waals surface area contributed by atoms with Gasteiger partial charge in [-0.2, -0.15) is 4.98 Å². The Balaban J connectivity index is 1.96. The summed E-state index contributed by atoms with van der Waals surface area (Å²) in [6.45, 7) is 16.6. The molecule has 1 aromatic heterocycles. The third kappa shape index (κ3) is 6.47. The highest BCUT2D eigenvalue weighted by Gasteiger charge is 2.34. The average Bonchev–Trinajstić information content (AvgIpc) is 2.99. The zero-order valence-electron chi connectivity index (χ0n) is 18.8. The molecule has 0 spiro atoms. The third-order valence-corrected chi connectivity index (χ3v) is 5.23. The molecule has 28 heavy (non-hydrogen) atoms. The monoisotopic (exact) mass is 394 g/mol. The van der Waals surface area contributed by atoms with Crippen LogP contribution in [0.3, 0.4) is 0 Å². The molecular formula is C21H38N4O3. The molecule has 0 aliphatic heterocycles. The van der Waals surface area contributed by atoms with Gasteiger partial charge >= 0.3 is 6.09 Å². The Labute approximate surface area is 169 Å². The lowest BCUT2D eigenvalue weighted by Crippen LogP contribution is -2.44. The van der Waals surface area contributed by atoms with Crippen LogP contribution in [0.25, 0.3) is 0 Å². The van der Waals surface area contributed by atoms with Gasteiger partial charge in [-0.3, -0.25) is 0 Å². The number of alkyl carbamates (subject to hydrolysis) is 1. The minimum absolute atomic E-state index is 0.275. The maximum atomic E-state index is 12.1. The number of nitrogens with one attached hydrogen (secondary N) is 2. The lowest BCUT2D eigenvalue weighted by atomic mass is 9.69. The number of hydrogen-bond donors (Lipinski definition) is 2. The van der Waals surface area contributed by atoms with Crippen molar-refractivity contribution in [1.82, 2.24) is 20.8 Å². The van der Waals surface area contributed by atoms with Gasteiger partial charge in [0.2, 0.25) is 5.89 Å². The van der Waals surface area contributed by atoms with Crippen molar-refractivity contribution >= 4 is 6.09 Å². The van der Waals surface area contributed by atoms with Crippen LogP contribution in [0.5, 0.6) is 0 Å². The lowest BCUT2D eigenvalue weighted by Gasteiger charge is -2.40. The predicted octanol–water partition coefficient (Wildman–Crippen LogP) is 4.52. The van der Waals surface area contributed by atoms with E-state index >= 15 is 0 Å². The SMILES string of the molecule is CC(C)(C)OC(=O)NC(C)(C)c1noc(CNC2CCCCC2C(C)(C)C)n1. The molecule has 1 aliphatic rings. The smallest absolute Gasteiger partial charge is 0.408 e. The highest BCUT2D eigenvalue weighted by atomic mass is 16.6. The van der Waals surface area contributed by atoms with E-state index in [0.717, 1.165) is 0 Å². The Kier molecular flexibility index (Phi) is 6.79. The van der Waals surface area contributed by atoms with Gasteiger partial charge in [0.05, 0.1) is 6.54 Å². The third-order valence-electron chi connectivity index (χ3n) is 5.23. The van der Waals surface area contributed by atoms with Crippen LogP contribution in [-0.4, -0.2) is 27.9 Å². The van der Waals surface area contributed by atoms with E-state index in [9.17, 15) is 4.79 Å². The van der Waals surface area contributed by atoms with Gasteiger partial charge in [-0.25, -0.2) is 4.79 Å². The van der Waals surface area contributed by atoms with Crippen molar-refractivity contribution in [1.29, 1.82) is 0 Å². The largest absolute Gasteiger partial charge is 0.444 e. The summed E-state index contributed by atoms with van der Waals surface area (Å²) >= 11 is 0. The van der Waals surface area contributed by atoms with Crippen molar-refractivity contribution in [3.8, 4) is 0 Å². The molecule has 0 bridgehead atoms. The molecule has 7 nitrogen and oxygen atoms in total. The number of aromatic nitrogens is 2. The standard InChI is InChI=1S/C21H38N4O3/c1-19(2,3)14-11-9-10-12-15(14)22-13-16-23-17(25-28-16)21(7,8)24-18(26)27-20(4,5)6/h14-15,22H,9-13H2,1-8H3,(H,24,26). The molecule has 7 heteroatoms. The first kappa shape index (κ1) is 22.7. The molecule has 0 radical (unpaired) electrons. The molecule has 1 amide bonds. The molecule has 1 heterocycles. The number of ether oxygens (including phenoxy) is 1. The fourth-order valence-corrected chi connectivity index (χ4v) is 3.83. The fraction of sp³-hybridized carbons (Fsp3) is 0.857. The quantitative estimate of drug-likeness (QED) is 0.763. The van der Waals surface area contributed by atoms with E-state index in [-0.39, 0.29) is 5.41 Å². The molecule has 2 unspecified atom stereocenters. The van der Waals surface area contributed by atoms with Crippen LogP contribution in [-0.2, 0) is 16.8 Å². The van der Waals surface area contributed by atoms with Gasteiger partial charge in [-0.1, -0.05) is 38.8 Å². The van der Waals surface area contributed by atoms with Crippen LogP contribution in [0.15, 0.2) is 4.52 Å². The molecule has 1 saturated carbocycles. The normalized spacial score (nSPS) is 21.4. The topological polar surface area (TPSA) is 89.3 Å². The molecule has 0 saturated heterocycles. The average molecular weight is 395 g/mol.